The van der Waals surface area contributed by atoms with Crippen molar-refractivity contribution in [3.05, 3.63) is 52.7 Å². The molecule has 3 aromatic rings. The lowest BCUT2D eigenvalue weighted by Crippen LogP contribution is -2.60. The third-order valence-corrected chi connectivity index (χ3v) is 5.26. The summed E-state index contributed by atoms with van der Waals surface area (Å²) in [6.45, 7) is -0.564. The van der Waals surface area contributed by atoms with Crippen LogP contribution in [0.25, 0.3) is 22.3 Å². The summed E-state index contributed by atoms with van der Waals surface area (Å²) in [5.74, 6) is 0.594. The molecule has 1 aliphatic rings. The average Bonchev–Trinajstić information content (AvgIpc) is 2.79. The Kier molecular flexibility index (Phi) is 6.04. The van der Waals surface area contributed by atoms with Crippen molar-refractivity contribution in [1.82, 2.24) is 0 Å². The summed E-state index contributed by atoms with van der Waals surface area (Å²) in [6, 6.07) is 10.3. The van der Waals surface area contributed by atoms with Crippen molar-refractivity contribution in [3.63, 3.8) is 0 Å². The van der Waals surface area contributed by atoms with Crippen molar-refractivity contribution in [2.24, 2.45) is 0 Å². The van der Waals surface area contributed by atoms with Crippen molar-refractivity contribution in [2.75, 3.05) is 13.7 Å². The number of aliphatic hydroxyl groups excluding tert-OH is 4. The molecule has 10 heteroatoms. The van der Waals surface area contributed by atoms with Crippen molar-refractivity contribution < 1.29 is 44.2 Å². The van der Waals surface area contributed by atoms with Gasteiger partial charge in [0.15, 0.2) is 5.43 Å². The molecule has 170 valence electrons. The van der Waals surface area contributed by atoms with Crippen LogP contribution >= 0.6 is 0 Å². The molecule has 1 fully saturated rings. The van der Waals surface area contributed by atoms with Gasteiger partial charge < -0.3 is 44.2 Å². The van der Waals surface area contributed by atoms with E-state index in [-0.39, 0.29) is 28.2 Å². The zero-order valence-corrected chi connectivity index (χ0v) is 16.9. The minimum atomic E-state index is -1.55. The first kappa shape index (κ1) is 22.1. The molecule has 0 saturated carbocycles. The maximum Gasteiger partial charge on any atom is 0.229 e. The molecule has 5 N–H and O–H groups in total. The van der Waals surface area contributed by atoms with E-state index in [2.05, 4.69) is 0 Å². The minimum Gasteiger partial charge on any atom is -0.507 e. The number of aliphatic hydroxyl groups is 4. The van der Waals surface area contributed by atoms with E-state index >= 15 is 0 Å². The van der Waals surface area contributed by atoms with Crippen molar-refractivity contribution in [2.45, 2.75) is 30.7 Å². The molecule has 10 nitrogen and oxygen atoms in total. The van der Waals surface area contributed by atoms with Gasteiger partial charge in [0.1, 0.15) is 58.4 Å². The largest absolute Gasteiger partial charge is 0.507 e. The number of phenolic OH excluding ortho intramolecular Hbond substituents is 1. The van der Waals surface area contributed by atoms with Crippen LogP contribution in [0.15, 0.2) is 51.7 Å². The number of hydrogen-bond donors (Lipinski definition) is 5. The number of phenols is 1. The van der Waals surface area contributed by atoms with E-state index in [0.29, 0.717) is 11.3 Å². The lowest BCUT2D eigenvalue weighted by molar-refractivity contribution is -0.277. The van der Waals surface area contributed by atoms with Crippen molar-refractivity contribution >= 4 is 11.0 Å². The maximum atomic E-state index is 12.5. The maximum absolute atomic E-state index is 12.5. The lowest BCUT2D eigenvalue weighted by atomic mass is 9.99. The topological polar surface area (TPSA) is 159 Å². The number of aromatic hydroxyl groups is 1. The molecule has 4 rings (SSSR count). The molecular weight excluding hydrogens is 424 g/mol. The highest BCUT2D eigenvalue weighted by Gasteiger charge is 2.44. The van der Waals surface area contributed by atoms with E-state index in [4.69, 9.17) is 18.6 Å². The fourth-order valence-electron chi connectivity index (χ4n) is 3.50. The number of hydrogen-bond acceptors (Lipinski definition) is 10. The SMILES string of the molecule is COc1cc(O)c2c(=O)cc(-c3ccc(O[C@@H]4OC(CO)[C@@H](O)C(O)C4O)cc3)oc2c1. The Balaban J connectivity index is 1.59. The minimum absolute atomic E-state index is 0.0390. The van der Waals surface area contributed by atoms with Crippen LogP contribution in [0.1, 0.15) is 0 Å². The van der Waals surface area contributed by atoms with Gasteiger partial charge >= 0.3 is 0 Å². The van der Waals surface area contributed by atoms with Gasteiger partial charge in [0.05, 0.1) is 13.7 Å². The highest BCUT2D eigenvalue weighted by Crippen LogP contribution is 2.32. The van der Waals surface area contributed by atoms with E-state index in [9.17, 15) is 30.3 Å². The molecule has 1 saturated heterocycles. The van der Waals surface area contributed by atoms with Gasteiger partial charge in [0, 0.05) is 23.8 Å². The summed E-state index contributed by atoms with van der Waals surface area (Å²) in [5, 5.41) is 49.2. The fourth-order valence-corrected chi connectivity index (χ4v) is 3.50. The Bertz CT molecular complexity index is 1150. The zero-order valence-electron chi connectivity index (χ0n) is 16.9. The number of methoxy groups -OCH3 is 1. The van der Waals surface area contributed by atoms with Crippen LogP contribution in [0.5, 0.6) is 17.2 Å². The zero-order chi connectivity index (χ0) is 23.0. The van der Waals surface area contributed by atoms with Crippen molar-refractivity contribution in [1.29, 1.82) is 0 Å². The van der Waals surface area contributed by atoms with Crippen molar-refractivity contribution in [3.8, 4) is 28.6 Å². The molecular formula is C22H22O10. The average molecular weight is 446 g/mol. The van der Waals surface area contributed by atoms with Gasteiger partial charge in [-0.2, -0.15) is 0 Å². The predicted molar refractivity (Wildman–Crippen MR) is 111 cm³/mol. The van der Waals surface area contributed by atoms with Crippen LogP contribution in [0.3, 0.4) is 0 Å². The number of fused-ring (bicyclic) bond motifs is 1. The van der Waals surface area contributed by atoms with E-state index in [0.717, 1.165) is 0 Å². The smallest absolute Gasteiger partial charge is 0.229 e. The standard InChI is InChI=1S/C22H22O10/c1-29-12-6-13(24)18-14(25)8-15(31-16(18)7-12)10-2-4-11(5-3-10)30-22-21(28)20(27)19(26)17(9-23)32-22/h2-8,17,19-24,26-28H,9H2,1H3/t17?,19-,20?,21?,22-/m1/s1. The van der Waals surface area contributed by atoms with Gasteiger partial charge in [-0.15, -0.1) is 0 Å². The van der Waals surface area contributed by atoms with Gasteiger partial charge in [0.25, 0.3) is 0 Å². The quantitative estimate of drug-likeness (QED) is 0.370. The van der Waals surface area contributed by atoms with Gasteiger partial charge in [-0.3, -0.25) is 4.79 Å². The summed E-state index contributed by atoms with van der Waals surface area (Å²) in [5.41, 5.74) is 0.265. The van der Waals surface area contributed by atoms with Crippen LogP contribution < -0.4 is 14.9 Å². The van der Waals surface area contributed by atoms with Crippen LogP contribution in [-0.2, 0) is 4.74 Å². The summed E-state index contributed by atoms with van der Waals surface area (Å²) in [4.78, 5) is 12.5. The Hall–Kier alpha value is -3.15. The second-order valence-corrected chi connectivity index (χ2v) is 7.33. The molecule has 0 amide bonds. The van der Waals surface area contributed by atoms with Crippen LogP contribution in [0.2, 0.25) is 0 Å². The Labute approximate surface area is 181 Å². The first-order valence-corrected chi connectivity index (χ1v) is 9.75. The predicted octanol–water partition coefficient (Wildman–Crippen LogP) is 0.353. The Morgan fingerprint density at radius 1 is 0.969 bits per heavy atom. The second kappa shape index (κ2) is 8.77. The van der Waals surface area contributed by atoms with Gasteiger partial charge in [0.2, 0.25) is 6.29 Å². The van der Waals surface area contributed by atoms with Crippen LogP contribution in [-0.4, -0.2) is 70.0 Å². The summed E-state index contributed by atoms with van der Waals surface area (Å²) in [6.07, 6.45) is -6.96. The lowest BCUT2D eigenvalue weighted by Gasteiger charge is -2.39. The van der Waals surface area contributed by atoms with E-state index < -0.39 is 42.7 Å². The first-order valence-electron chi connectivity index (χ1n) is 9.75. The molecule has 1 aromatic heterocycles. The molecule has 1 aliphatic heterocycles. The van der Waals surface area contributed by atoms with E-state index in [1.54, 1.807) is 12.1 Å². The molecule has 3 unspecified atom stereocenters. The van der Waals surface area contributed by atoms with Gasteiger partial charge in [-0.05, 0) is 24.3 Å². The highest BCUT2D eigenvalue weighted by molar-refractivity contribution is 5.86. The van der Waals surface area contributed by atoms with Gasteiger partial charge in [-0.1, -0.05) is 0 Å². The highest BCUT2D eigenvalue weighted by atomic mass is 16.7. The van der Waals surface area contributed by atoms with Gasteiger partial charge in [-0.25, -0.2) is 0 Å². The normalized spacial score (nSPS) is 25.6. The third kappa shape index (κ3) is 4.01. The molecule has 2 aromatic carbocycles. The summed E-state index contributed by atoms with van der Waals surface area (Å²) >= 11 is 0. The summed E-state index contributed by atoms with van der Waals surface area (Å²) < 4.78 is 21.7. The number of benzene rings is 2. The molecule has 0 spiro atoms. The molecule has 5 atom stereocenters. The van der Waals surface area contributed by atoms with E-state index in [1.807, 2.05) is 0 Å². The molecule has 32 heavy (non-hydrogen) atoms. The Morgan fingerprint density at radius 3 is 2.34 bits per heavy atom. The molecule has 0 aliphatic carbocycles. The van der Waals surface area contributed by atoms with E-state index in [1.165, 1.54) is 37.4 Å². The molecule has 2 heterocycles. The first-order chi connectivity index (χ1) is 15.3. The van der Waals surface area contributed by atoms with Crippen LogP contribution in [0, 0.1) is 0 Å². The number of rotatable bonds is 5. The molecule has 0 bridgehead atoms. The summed E-state index contributed by atoms with van der Waals surface area (Å²) in [7, 11) is 1.43. The fraction of sp³-hybridized carbons (Fsp3) is 0.318. The second-order valence-electron chi connectivity index (χ2n) is 7.33. The monoisotopic (exact) mass is 446 g/mol. The Morgan fingerprint density at radius 2 is 1.69 bits per heavy atom. The third-order valence-electron chi connectivity index (χ3n) is 5.26. The number of ether oxygens (including phenoxy) is 3. The molecule has 0 radical (unpaired) electrons. The van der Waals surface area contributed by atoms with Crippen LogP contribution in [0.4, 0.5) is 0 Å².